The monoisotopic (exact) mass is 232 g/mol. The first kappa shape index (κ1) is 15.2. The van der Waals surface area contributed by atoms with Gasteiger partial charge in [-0.1, -0.05) is 0 Å². The Labute approximate surface area is 97.6 Å². The highest BCUT2D eigenvalue weighted by Crippen LogP contribution is 1.89. The SMILES string of the molecule is CC(O)CCNC(=O)NCCCOC(C)C. The number of aliphatic hydroxyl groups is 1. The van der Waals surface area contributed by atoms with Crippen molar-refractivity contribution in [2.45, 2.75) is 45.8 Å². The molecule has 1 unspecified atom stereocenters. The predicted molar refractivity (Wildman–Crippen MR) is 63.4 cm³/mol. The fourth-order valence-electron chi connectivity index (χ4n) is 1.05. The van der Waals surface area contributed by atoms with Crippen LogP contribution in [0.2, 0.25) is 0 Å². The van der Waals surface area contributed by atoms with Gasteiger partial charge in [0, 0.05) is 19.7 Å². The van der Waals surface area contributed by atoms with Crippen molar-refractivity contribution in [3.05, 3.63) is 0 Å². The standard InChI is InChI=1S/C11H24N2O3/c1-9(2)16-8-4-6-12-11(15)13-7-5-10(3)14/h9-10,14H,4-8H2,1-3H3,(H2,12,13,15). The summed E-state index contributed by atoms with van der Waals surface area (Å²) in [5.41, 5.74) is 0. The van der Waals surface area contributed by atoms with Gasteiger partial charge in [-0.05, 0) is 33.6 Å². The van der Waals surface area contributed by atoms with Crippen molar-refractivity contribution < 1.29 is 14.6 Å². The summed E-state index contributed by atoms with van der Waals surface area (Å²) in [7, 11) is 0. The third-order valence-corrected chi connectivity index (χ3v) is 1.91. The van der Waals surface area contributed by atoms with Gasteiger partial charge in [0.05, 0.1) is 12.2 Å². The molecule has 0 bridgehead atoms. The van der Waals surface area contributed by atoms with E-state index in [4.69, 9.17) is 9.84 Å². The maximum absolute atomic E-state index is 11.2. The first-order chi connectivity index (χ1) is 7.52. The number of hydrogen-bond acceptors (Lipinski definition) is 3. The molecule has 16 heavy (non-hydrogen) atoms. The minimum absolute atomic E-state index is 0.190. The van der Waals surface area contributed by atoms with E-state index in [1.165, 1.54) is 0 Å². The van der Waals surface area contributed by atoms with Crippen LogP contribution in [0.25, 0.3) is 0 Å². The Morgan fingerprint density at radius 1 is 1.25 bits per heavy atom. The summed E-state index contributed by atoms with van der Waals surface area (Å²) in [4.78, 5) is 11.2. The molecule has 0 aromatic carbocycles. The van der Waals surface area contributed by atoms with Crippen molar-refractivity contribution in [3.8, 4) is 0 Å². The first-order valence-electron chi connectivity index (χ1n) is 5.83. The number of carbonyl (C=O) groups excluding carboxylic acids is 1. The molecule has 0 aliphatic heterocycles. The molecule has 0 aromatic heterocycles. The number of carbonyl (C=O) groups is 1. The molecule has 0 rings (SSSR count). The average molecular weight is 232 g/mol. The van der Waals surface area contributed by atoms with E-state index >= 15 is 0 Å². The summed E-state index contributed by atoms with van der Waals surface area (Å²) in [6.07, 6.45) is 1.24. The number of rotatable bonds is 8. The van der Waals surface area contributed by atoms with Crippen LogP contribution in [-0.4, -0.2) is 43.0 Å². The van der Waals surface area contributed by atoms with Gasteiger partial charge in [0.15, 0.2) is 0 Å². The molecule has 0 heterocycles. The predicted octanol–water partition coefficient (Wildman–Crippen LogP) is 0.872. The zero-order valence-corrected chi connectivity index (χ0v) is 10.5. The molecule has 5 heteroatoms. The van der Waals surface area contributed by atoms with E-state index in [0.717, 1.165) is 6.42 Å². The second kappa shape index (κ2) is 9.42. The number of hydrogen-bond donors (Lipinski definition) is 3. The molecule has 5 nitrogen and oxygen atoms in total. The molecular formula is C11H24N2O3. The van der Waals surface area contributed by atoms with Crippen LogP contribution in [0.4, 0.5) is 4.79 Å². The third kappa shape index (κ3) is 11.3. The van der Waals surface area contributed by atoms with Gasteiger partial charge in [0.25, 0.3) is 0 Å². The molecule has 2 amide bonds. The van der Waals surface area contributed by atoms with E-state index in [0.29, 0.717) is 26.1 Å². The summed E-state index contributed by atoms with van der Waals surface area (Å²) in [6, 6.07) is -0.190. The largest absolute Gasteiger partial charge is 0.393 e. The van der Waals surface area contributed by atoms with Crippen LogP contribution in [0.3, 0.4) is 0 Å². The van der Waals surface area contributed by atoms with E-state index < -0.39 is 0 Å². The third-order valence-electron chi connectivity index (χ3n) is 1.91. The van der Waals surface area contributed by atoms with Gasteiger partial charge in [-0.2, -0.15) is 0 Å². The van der Waals surface area contributed by atoms with E-state index in [1.54, 1.807) is 6.92 Å². The lowest BCUT2D eigenvalue weighted by atomic mass is 10.3. The van der Waals surface area contributed by atoms with Crippen LogP contribution in [-0.2, 0) is 4.74 Å². The molecular weight excluding hydrogens is 208 g/mol. The van der Waals surface area contributed by atoms with Crippen LogP contribution in [0, 0.1) is 0 Å². The Bertz CT molecular complexity index is 184. The van der Waals surface area contributed by atoms with Crippen molar-refractivity contribution in [2.75, 3.05) is 19.7 Å². The molecule has 0 saturated carbocycles. The molecule has 0 aromatic rings. The van der Waals surface area contributed by atoms with E-state index in [2.05, 4.69) is 10.6 Å². The summed E-state index contributed by atoms with van der Waals surface area (Å²) < 4.78 is 5.33. The van der Waals surface area contributed by atoms with Gasteiger partial charge in [-0.15, -0.1) is 0 Å². The summed E-state index contributed by atoms with van der Waals surface area (Å²) in [5.74, 6) is 0. The Hall–Kier alpha value is -0.810. The minimum atomic E-state index is -0.375. The fraction of sp³-hybridized carbons (Fsp3) is 0.909. The van der Waals surface area contributed by atoms with Gasteiger partial charge < -0.3 is 20.5 Å². The molecule has 0 fully saturated rings. The smallest absolute Gasteiger partial charge is 0.314 e. The van der Waals surface area contributed by atoms with Crippen LogP contribution in [0.5, 0.6) is 0 Å². The molecule has 0 aliphatic carbocycles. The van der Waals surface area contributed by atoms with Crippen molar-refractivity contribution in [1.82, 2.24) is 10.6 Å². The maximum atomic E-state index is 11.2. The van der Waals surface area contributed by atoms with E-state index in [-0.39, 0.29) is 18.2 Å². The summed E-state index contributed by atoms with van der Waals surface area (Å²) >= 11 is 0. The lowest BCUT2D eigenvalue weighted by Crippen LogP contribution is -2.37. The zero-order chi connectivity index (χ0) is 12.4. The van der Waals surface area contributed by atoms with Crippen molar-refractivity contribution in [2.24, 2.45) is 0 Å². The topological polar surface area (TPSA) is 70.6 Å². The highest BCUT2D eigenvalue weighted by molar-refractivity contribution is 5.73. The van der Waals surface area contributed by atoms with Gasteiger partial charge >= 0.3 is 6.03 Å². The van der Waals surface area contributed by atoms with Gasteiger partial charge in [0.1, 0.15) is 0 Å². The maximum Gasteiger partial charge on any atom is 0.314 e. The minimum Gasteiger partial charge on any atom is -0.393 e. The highest BCUT2D eigenvalue weighted by atomic mass is 16.5. The summed E-state index contributed by atoms with van der Waals surface area (Å²) in [6.45, 7) is 7.42. The normalized spacial score (nSPS) is 12.6. The lowest BCUT2D eigenvalue weighted by Gasteiger charge is -2.09. The number of ether oxygens (including phenoxy) is 1. The van der Waals surface area contributed by atoms with Gasteiger partial charge in [-0.3, -0.25) is 0 Å². The quantitative estimate of drug-likeness (QED) is 0.544. The molecule has 3 N–H and O–H groups in total. The number of amides is 2. The van der Waals surface area contributed by atoms with Crippen LogP contribution in [0.1, 0.15) is 33.6 Å². The fourth-order valence-corrected chi connectivity index (χ4v) is 1.05. The summed E-state index contributed by atoms with van der Waals surface area (Å²) in [5, 5.41) is 14.4. The first-order valence-corrected chi connectivity index (χ1v) is 5.83. The van der Waals surface area contributed by atoms with Crippen LogP contribution >= 0.6 is 0 Å². The molecule has 0 spiro atoms. The second-order valence-corrected chi connectivity index (χ2v) is 4.09. The molecule has 96 valence electrons. The Balaban J connectivity index is 3.24. The number of aliphatic hydroxyl groups excluding tert-OH is 1. The Morgan fingerprint density at radius 3 is 2.44 bits per heavy atom. The molecule has 0 aliphatic rings. The number of nitrogens with one attached hydrogen (secondary N) is 2. The average Bonchev–Trinajstić information content (AvgIpc) is 2.16. The van der Waals surface area contributed by atoms with Crippen molar-refractivity contribution >= 4 is 6.03 Å². The Kier molecular flexibility index (Phi) is 8.94. The number of urea groups is 1. The van der Waals surface area contributed by atoms with Gasteiger partial charge in [-0.25, -0.2) is 4.79 Å². The second-order valence-electron chi connectivity index (χ2n) is 4.09. The molecule has 1 atom stereocenters. The Morgan fingerprint density at radius 2 is 1.88 bits per heavy atom. The van der Waals surface area contributed by atoms with Crippen LogP contribution < -0.4 is 10.6 Å². The van der Waals surface area contributed by atoms with E-state index in [9.17, 15) is 4.79 Å². The van der Waals surface area contributed by atoms with Crippen molar-refractivity contribution in [1.29, 1.82) is 0 Å². The molecule has 0 saturated heterocycles. The highest BCUT2D eigenvalue weighted by Gasteiger charge is 2.00. The van der Waals surface area contributed by atoms with Crippen LogP contribution in [0.15, 0.2) is 0 Å². The zero-order valence-electron chi connectivity index (χ0n) is 10.5. The molecule has 0 radical (unpaired) electrons. The van der Waals surface area contributed by atoms with Gasteiger partial charge in [0.2, 0.25) is 0 Å². The lowest BCUT2D eigenvalue weighted by molar-refractivity contribution is 0.0774. The van der Waals surface area contributed by atoms with E-state index in [1.807, 2.05) is 13.8 Å². The van der Waals surface area contributed by atoms with Crippen molar-refractivity contribution in [3.63, 3.8) is 0 Å².